The van der Waals surface area contributed by atoms with Crippen molar-refractivity contribution in [2.24, 2.45) is 5.92 Å². The largest absolute Gasteiger partial charge is 0.341 e. The normalized spacial score (nSPS) is 10.7. The Bertz CT molecular complexity index is 239. The molecule has 0 rings (SSSR count). The summed E-state index contributed by atoms with van der Waals surface area (Å²) in [6, 6.07) is -0.264. The standard InChI is InChI=1S/C10H21N3O2/c1-7(2)9(14)13(11-5)10(15)12(6)8(3)4/h7-8,11H,1-6H3. The van der Waals surface area contributed by atoms with Crippen LogP contribution in [0, 0.1) is 5.92 Å². The smallest absolute Gasteiger partial charge is 0.324 e. The molecule has 3 amide bonds. The number of rotatable bonds is 3. The second-order valence-corrected chi connectivity index (χ2v) is 4.04. The topological polar surface area (TPSA) is 52.7 Å². The van der Waals surface area contributed by atoms with E-state index in [-0.39, 0.29) is 23.9 Å². The van der Waals surface area contributed by atoms with E-state index < -0.39 is 0 Å². The van der Waals surface area contributed by atoms with Gasteiger partial charge in [-0.15, -0.1) is 0 Å². The van der Waals surface area contributed by atoms with E-state index >= 15 is 0 Å². The molecule has 0 radical (unpaired) electrons. The van der Waals surface area contributed by atoms with Crippen molar-refractivity contribution < 1.29 is 9.59 Å². The first-order chi connectivity index (χ1) is 6.82. The second kappa shape index (κ2) is 5.70. The Balaban J connectivity index is 4.69. The van der Waals surface area contributed by atoms with Crippen LogP contribution in [0.25, 0.3) is 0 Å². The predicted octanol–water partition coefficient (Wildman–Crippen LogP) is 1.07. The number of nitrogens with one attached hydrogen (secondary N) is 1. The van der Waals surface area contributed by atoms with E-state index in [9.17, 15) is 9.59 Å². The van der Waals surface area contributed by atoms with E-state index in [2.05, 4.69) is 5.43 Å². The fourth-order valence-corrected chi connectivity index (χ4v) is 0.937. The molecule has 0 heterocycles. The summed E-state index contributed by atoms with van der Waals surface area (Å²) in [5.41, 5.74) is 2.61. The number of hydrogen-bond acceptors (Lipinski definition) is 3. The molecule has 0 aliphatic rings. The van der Waals surface area contributed by atoms with Gasteiger partial charge in [-0.3, -0.25) is 4.79 Å². The van der Waals surface area contributed by atoms with E-state index in [1.807, 2.05) is 13.8 Å². The Morgan fingerprint density at radius 3 is 1.87 bits per heavy atom. The van der Waals surface area contributed by atoms with Crippen LogP contribution in [0.4, 0.5) is 4.79 Å². The van der Waals surface area contributed by atoms with E-state index in [1.165, 1.54) is 4.90 Å². The lowest BCUT2D eigenvalue weighted by Crippen LogP contribution is -2.53. The average Bonchev–Trinajstić information content (AvgIpc) is 2.16. The van der Waals surface area contributed by atoms with Crippen LogP contribution in [0.15, 0.2) is 0 Å². The maximum absolute atomic E-state index is 11.8. The molecule has 0 aliphatic carbocycles. The van der Waals surface area contributed by atoms with Crippen LogP contribution in [0.2, 0.25) is 0 Å². The summed E-state index contributed by atoms with van der Waals surface area (Å²) >= 11 is 0. The quantitative estimate of drug-likeness (QED) is 0.716. The number of amides is 3. The highest BCUT2D eigenvalue weighted by atomic mass is 16.2. The van der Waals surface area contributed by atoms with Gasteiger partial charge in [0, 0.05) is 26.1 Å². The van der Waals surface area contributed by atoms with Crippen LogP contribution >= 0.6 is 0 Å². The Labute approximate surface area is 91.4 Å². The van der Waals surface area contributed by atoms with Crippen LogP contribution in [0.1, 0.15) is 27.7 Å². The molecule has 0 aromatic heterocycles. The molecule has 0 unspecified atom stereocenters. The van der Waals surface area contributed by atoms with Gasteiger partial charge < -0.3 is 4.90 Å². The SMILES string of the molecule is CNN(C(=O)C(C)C)C(=O)N(C)C(C)C. The molecule has 0 fully saturated rings. The molecule has 5 heteroatoms. The number of carbonyl (C=O) groups excluding carboxylic acids is 2. The maximum Gasteiger partial charge on any atom is 0.341 e. The van der Waals surface area contributed by atoms with Crippen molar-refractivity contribution in [3.05, 3.63) is 0 Å². The Hall–Kier alpha value is -1.10. The summed E-state index contributed by atoms with van der Waals surface area (Å²) in [5, 5.41) is 1.05. The van der Waals surface area contributed by atoms with Crippen molar-refractivity contribution in [2.75, 3.05) is 14.1 Å². The Morgan fingerprint density at radius 2 is 1.60 bits per heavy atom. The number of hydrogen-bond donors (Lipinski definition) is 1. The van der Waals surface area contributed by atoms with Gasteiger partial charge in [-0.1, -0.05) is 13.8 Å². The lowest BCUT2D eigenvalue weighted by molar-refractivity contribution is -0.134. The van der Waals surface area contributed by atoms with Crippen molar-refractivity contribution in [2.45, 2.75) is 33.7 Å². The first kappa shape index (κ1) is 13.9. The third kappa shape index (κ3) is 3.51. The van der Waals surface area contributed by atoms with Gasteiger partial charge in [0.1, 0.15) is 0 Å². The highest BCUT2D eigenvalue weighted by molar-refractivity contribution is 5.94. The van der Waals surface area contributed by atoms with Crippen molar-refractivity contribution in [1.82, 2.24) is 15.3 Å². The summed E-state index contributed by atoms with van der Waals surface area (Å²) < 4.78 is 0. The van der Waals surface area contributed by atoms with E-state index in [0.29, 0.717) is 0 Å². The molecule has 1 N–H and O–H groups in total. The molecular weight excluding hydrogens is 194 g/mol. The molecule has 0 spiro atoms. The van der Waals surface area contributed by atoms with Crippen LogP contribution in [0.3, 0.4) is 0 Å². The van der Waals surface area contributed by atoms with Gasteiger partial charge in [0.15, 0.2) is 0 Å². The van der Waals surface area contributed by atoms with Crippen LogP contribution in [-0.2, 0) is 4.79 Å². The number of hydrazine groups is 1. The number of urea groups is 1. The minimum absolute atomic E-state index is 0.0633. The van der Waals surface area contributed by atoms with Crippen molar-refractivity contribution in [1.29, 1.82) is 0 Å². The van der Waals surface area contributed by atoms with Gasteiger partial charge in [0.2, 0.25) is 5.91 Å². The average molecular weight is 215 g/mol. The molecule has 5 nitrogen and oxygen atoms in total. The van der Waals surface area contributed by atoms with E-state index in [1.54, 1.807) is 27.9 Å². The minimum atomic E-state index is -0.328. The third-order valence-electron chi connectivity index (χ3n) is 2.21. The summed E-state index contributed by atoms with van der Waals surface area (Å²) in [6.45, 7) is 7.31. The molecule has 0 aliphatic heterocycles. The van der Waals surface area contributed by atoms with Crippen molar-refractivity contribution in [3.8, 4) is 0 Å². The van der Waals surface area contributed by atoms with Crippen LogP contribution < -0.4 is 5.43 Å². The fraction of sp³-hybridized carbons (Fsp3) is 0.800. The Morgan fingerprint density at radius 1 is 1.13 bits per heavy atom. The molecule has 88 valence electrons. The van der Waals surface area contributed by atoms with Gasteiger partial charge in [0.05, 0.1) is 0 Å². The minimum Gasteiger partial charge on any atom is -0.324 e. The molecule has 15 heavy (non-hydrogen) atoms. The molecule has 0 saturated heterocycles. The van der Waals surface area contributed by atoms with Crippen molar-refractivity contribution in [3.63, 3.8) is 0 Å². The second-order valence-electron chi connectivity index (χ2n) is 4.04. The summed E-state index contributed by atoms with van der Waals surface area (Å²) in [4.78, 5) is 25.0. The van der Waals surface area contributed by atoms with Crippen LogP contribution in [0.5, 0.6) is 0 Å². The zero-order chi connectivity index (χ0) is 12.2. The number of carbonyl (C=O) groups is 2. The fourth-order valence-electron chi connectivity index (χ4n) is 0.937. The van der Waals surface area contributed by atoms with Gasteiger partial charge in [-0.25, -0.2) is 10.2 Å². The third-order valence-corrected chi connectivity index (χ3v) is 2.21. The molecule has 0 aromatic carbocycles. The van der Waals surface area contributed by atoms with Gasteiger partial charge in [-0.2, -0.15) is 5.01 Å². The monoisotopic (exact) mass is 215 g/mol. The van der Waals surface area contributed by atoms with Gasteiger partial charge in [0.25, 0.3) is 0 Å². The maximum atomic E-state index is 11.8. The van der Waals surface area contributed by atoms with Crippen LogP contribution in [-0.4, -0.2) is 42.0 Å². The molecule has 0 atom stereocenters. The number of imide groups is 1. The van der Waals surface area contributed by atoms with E-state index in [0.717, 1.165) is 5.01 Å². The zero-order valence-corrected chi connectivity index (χ0v) is 10.4. The summed E-state index contributed by atoms with van der Waals surface area (Å²) in [7, 11) is 3.23. The highest BCUT2D eigenvalue weighted by Gasteiger charge is 2.26. The molecule has 0 aromatic rings. The lowest BCUT2D eigenvalue weighted by atomic mass is 10.2. The molecule has 0 bridgehead atoms. The first-order valence-corrected chi connectivity index (χ1v) is 5.11. The summed E-state index contributed by atoms with van der Waals surface area (Å²) in [6.07, 6.45) is 0. The molecular formula is C10H21N3O2. The summed E-state index contributed by atoms with van der Waals surface area (Å²) in [5.74, 6) is -0.433. The molecule has 0 saturated carbocycles. The van der Waals surface area contributed by atoms with Crippen molar-refractivity contribution >= 4 is 11.9 Å². The number of nitrogens with zero attached hydrogens (tertiary/aromatic N) is 2. The zero-order valence-electron chi connectivity index (χ0n) is 10.4. The first-order valence-electron chi connectivity index (χ1n) is 5.11. The van der Waals surface area contributed by atoms with Gasteiger partial charge in [-0.05, 0) is 13.8 Å². The highest BCUT2D eigenvalue weighted by Crippen LogP contribution is 2.04. The predicted molar refractivity (Wildman–Crippen MR) is 59.0 cm³/mol. The lowest BCUT2D eigenvalue weighted by Gasteiger charge is -2.29. The van der Waals surface area contributed by atoms with Gasteiger partial charge >= 0.3 is 6.03 Å². The van der Waals surface area contributed by atoms with E-state index in [4.69, 9.17) is 0 Å². The Kier molecular flexibility index (Phi) is 5.28.